The summed E-state index contributed by atoms with van der Waals surface area (Å²) in [7, 11) is -3.64. The van der Waals surface area contributed by atoms with Gasteiger partial charge in [-0.25, -0.2) is 12.7 Å². The molecule has 4 bridgehead atoms. The molecular weight excluding hydrogens is 566 g/mol. The van der Waals surface area contributed by atoms with Gasteiger partial charge in [0.05, 0.1) is 11.8 Å². The molecule has 1 amide bonds. The van der Waals surface area contributed by atoms with E-state index in [9.17, 15) is 13.2 Å². The van der Waals surface area contributed by atoms with Crippen LogP contribution in [0.5, 0.6) is 0 Å². The van der Waals surface area contributed by atoms with Gasteiger partial charge in [-0.15, -0.1) is 0 Å². The Balaban J connectivity index is 1.36. The Hall–Kier alpha value is -0.920. The Labute approximate surface area is 212 Å². The van der Waals surface area contributed by atoms with E-state index in [1.165, 1.54) is 8.79 Å². The monoisotopic (exact) mass is 591 g/mol. The molecule has 7 atom stereocenters. The zero-order valence-corrected chi connectivity index (χ0v) is 22.7. The molecule has 6 aliphatic rings. The zero-order valence-electron chi connectivity index (χ0n) is 18.7. The SMILES string of the molecule is CC1(C)[C@@H]2CC[C@]13CS(=O)(=O)N(C(=O)C1=C(c4ccccc4)[C@@H]4[C@H]1[C@@H]1C[C@H]4C(Br)=C1Br)[C@@H]3C2. The lowest BCUT2D eigenvalue weighted by atomic mass is 9.60. The molecule has 3 saturated carbocycles. The van der Waals surface area contributed by atoms with E-state index in [4.69, 9.17) is 0 Å². The highest BCUT2D eigenvalue weighted by molar-refractivity contribution is 9.14. The summed E-state index contributed by atoms with van der Waals surface area (Å²) in [5.74, 6) is 1.41. The number of fused-ring (bicyclic) bond motifs is 6. The maximum atomic E-state index is 14.3. The van der Waals surface area contributed by atoms with Gasteiger partial charge < -0.3 is 0 Å². The van der Waals surface area contributed by atoms with Gasteiger partial charge in [0.2, 0.25) is 10.0 Å². The first-order chi connectivity index (χ1) is 15.6. The van der Waals surface area contributed by atoms with Crippen LogP contribution in [0.4, 0.5) is 0 Å². The molecule has 4 fully saturated rings. The Morgan fingerprint density at radius 3 is 2.36 bits per heavy atom. The lowest BCUT2D eigenvalue weighted by Gasteiger charge is -2.46. The molecule has 1 aliphatic heterocycles. The highest BCUT2D eigenvalue weighted by Crippen LogP contribution is 2.72. The summed E-state index contributed by atoms with van der Waals surface area (Å²) in [6.45, 7) is 4.47. The Bertz CT molecular complexity index is 1280. The predicted molar refractivity (Wildman–Crippen MR) is 135 cm³/mol. The van der Waals surface area contributed by atoms with Gasteiger partial charge in [0.25, 0.3) is 5.91 Å². The fourth-order valence-corrected chi connectivity index (χ4v) is 12.9. The molecule has 4 nitrogen and oxygen atoms in total. The standard InChI is InChI=1S/C26H27Br2NO3S/c1-25(2)14-8-9-26(25)12-33(31,32)29(17(26)10-14)24(30)21-18(13-6-4-3-5-7-13)19-15-11-16(20(19)21)23(28)22(15)27/h3-7,14-17,19-20H,8-12H2,1-2H3/t14-,15-,16+,17-,19-,20-,26-/m1/s1. The lowest BCUT2D eigenvalue weighted by molar-refractivity contribution is -0.126. The van der Waals surface area contributed by atoms with E-state index in [2.05, 4.69) is 57.8 Å². The number of amides is 1. The summed E-state index contributed by atoms with van der Waals surface area (Å²) in [5.41, 5.74) is 2.57. The van der Waals surface area contributed by atoms with E-state index in [-0.39, 0.29) is 46.3 Å². The van der Waals surface area contributed by atoms with Crippen LogP contribution in [-0.2, 0) is 14.8 Å². The maximum Gasteiger partial charge on any atom is 0.264 e. The van der Waals surface area contributed by atoms with E-state index >= 15 is 0 Å². The van der Waals surface area contributed by atoms with Gasteiger partial charge in [0.1, 0.15) is 0 Å². The summed E-state index contributed by atoms with van der Waals surface area (Å²) < 4.78 is 31.0. The normalized spacial score (nSPS) is 43.2. The van der Waals surface area contributed by atoms with Gasteiger partial charge in [-0.3, -0.25) is 4.79 Å². The summed E-state index contributed by atoms with van der Waals surface area (Å²) in [6.07, 6.45) is 3.83. The Kier molecular flexibility index (Phi) is 4.17. The smallest absolute Gasteiger partial charge is 0.264 e. The van der Waals surface area contributed by atoms with E-state index < -0.39 is 10.0 Å². The van der Waals surface area contributed by atoms with Crippen LogP contribution in [0.25, 0.3) is 5.57 Å². The predicted octanol–water partition coefficient (Wildman–Crippen LogP) is 5.70. The van der Waals surface area contributed by atoms with Gasteiger partial charge in [-0.05, 0) is 60.0 Å². The second kappa shape index (κ2) is 6.44. The lowest BCUT2D eigenvalue weighted by Crippen LogP contribution is -2.49. The third-order valence-corrected chi connectivity index (χ3v) is 15.0. The minimum atomic E-state index is -3.64. The molecule has 0 aromatic heterocycles. The molecule has 0 radical (unpaired) electrons. The number of sulfonamides is 1. The van der Waals surface area contributed by atoms with Crippen molar-refractivity contribution >= 4 is 53.4 Å². The van der Waals surface area contributed by atoms with Crippen LogP contribution in [0.3, 0.4) is 0 Å². The van der Waals surface area contributed by atoms with Gasteiger partial charge in [-0.2, -0.15) is 0 Å². The molecule has 33 heavy (non-hydrogen) atoms. The Morgan fingerprint density at radius 2 is 1.70 bits per heavy atom. The molecule has 1 aromatic rings. The third kappa shape index (κ3) is 2.34. The summed E-state index contributed by atoms with van der Waals surface area (Å²) in [6, 6.07) is 9.95. The largest absolute Gasteiger partial charge is 0.268 e. The molecule has 0 unspecified atom stereocenters. The van der Waals surface area contributed by atoms with Crippen molar-refractivity contribution in [2.24, 2.45) is 40.4 Å². The van der Waals surface area contributed by atoms with Crippen LogP contribution < -0.4 is 0 Å². The number of allylic oxidation sites excluding steroid dienone is 3. The molecule has 1 spiro atoms. The summed E-state index contributed by atoms with van der Waals surface area (Å²) in [4.78, 5) is 14.3. The molecule has 1 aromatic carbocycles. The number of nitrogens with zero attached hydrogens (tertiary/aromatic N) is 1. The number of carbonyl (C=O) groups excluding carboxylic acids is 1. The maximum absolute atomic E-state index is 14.3. The highest BCUT2D eigenvalue weighted by atomic mass is 79.9. The van der Waals surface area contributed by atoms with Crippen molar-refractivity contribution in [2.75, 3.05) is 5.75 Å². The van der Waals surface area contributed by atoms with Gasteiger partial charge >= 0.3 is 0 Å². The second-order valence-electron chi connectivity index (χ2n) is 11.6. The first kappa shape index (κ1) is 21.4. The van der Waals surface area contributed by atoms with E-state index in [0.717, 1.165) is 46.9 Å². The van der Waals surface area contributed by atoms with Crippen LogP contribution in [0.2, 0.25) is 0 Å². The molecule has 5 aliphatic carbocycles. The molecule has 7 heteroatoms. The fraction of sp³-hybridized carbons (Fsp3) is 0.577. The first-order valence-corrected chi connectivity index (χ1v) is 15.2. The van der Waals surface area contributed by atoms with Crippen molar-refractivity contribution in [3.05, 3.63) is 50.4 Å². The number of halogens is 2. The minimum Gasteiger partial charge on any atom is -0.268 e. The molecular formula is C26H27Br2NO3S. The van der Waals surface area contributed by atoms with Crippen molar-refractivity contribution in [3.8, 4) is 0 Å². The molecule has 1 heterocycles. The molecule has 1 saturated heterocycles. The average molecular weight is 593 g/mol. The Morgan fingerprint density at radius 1 is 1.03 bits per heavy atom. The average Bonchev–Trinajstić information content (AvgIpc) is 3.42. The van der Waals surface area contributed by atoms with Crippen LogP contribution >= 0.6 is 31.9 Å². The number of carbonyl (C=O) groups is 1. The summed E-state index contributed by atoms with van der Waals surface area (Å²) in [5, 5.41) is 0. The molecule has 0 N–H and O–H groups in total. The zero-order chi connectivity index (χ0) is 23.1. The fourth-order valence-electron chi connectivity index (χ4n) is 8.87. The first-order valence-electron chi connectivity index (χ1n) is 12.0. The molecule has 174 valence electrons. The number of benzene rings is 1. The second-order valence-corrected chi connectivity index (χ2v) is 15.2. The number of hydrogen-bond acceptors (Lipinski definition) is 3. The highest BCUT2D eigenvalue weighted by Gasteiger charge is 2.73. The molecule has 7 rings (SSSR count). The number of rotatable bonds is 2. The van der Waals surface area contributed by atoms with Crippen LogP contribution in [-0.4, -0.2) is 30.4 Å². The van der Waals surface area contributed by atoms with Crippen molar-refractivity contribution in [2.45, 2.75) is 45.6 Å². The van der Waals surface area contributed by atoms with Gasteiger partial charge in [0, 0.05) is 31.8 Å². The van der Waals surface area contributed by atoms with Crippen molar-refractivity contribution < 1.29 is 13.2 Å². The topological polar surface area (TPSA) is 54.5 Å². The summed E-state index contributed by atoms with van der Waals surface area (Å²) >= 11 is 7.57. The van der Waals surface area contributed by atoms with Gasteiger partial charge in [-0.1, -0.05) is 76.0 Å². The van der Waals surface area contributed by atoms with Crippen molar-refractivity contribution in [1.82, 2.24) is 4.31 Å². The minimum absolute atomic E-state index is 0.0401. The van der Waals surface area contributed by atoms with Crippen molar-refractivity contribution in [3.63, 3.8) is 0 Å². The van der Waals surface area contributed by atoms with E-state index in [0.29, 0.717) is 11.8 Å². The number of hydrogen-bond donors (Lipinski definition) is 0. The van der Waals surface area contributed by atoms with E-state index in [1.807, 2.05) is 18.2 Å². The van der Waals surface area contributed by atoms with Gasteiger partial charge in [0.15, 0.2) is 0 Å². The quantitative estimate of drug-likeness (QED) is 0.442. The van der Waals surface area contributed by atoms with Crippen LogP contribution in [0, 0.1) is 40.4 Å². The van der Waals surface area contributed by atoms with Crippen LogP contribution in [0.15, 0.2) is 44.9 Å². The van der Waals surface area contributed by atoms with Crippen molar-refractivity contribution in [1.29, 1.82) is 0 Å². The van der Waals surface area contributed by atoms with Crippen LogP contribution in [0.1, 0.15) is 45.1 Å². The van der Waals surface area contributed by atoms with E-state index in [1.54, 1.807) is 0 Å². The third-order valence-electron chi connectivity index (χ3n) is 10.5.